The molecule has 0 spiro atoms. The van der Waals surface area contributed by atoms with E-state index in [0.29, 0.717) is 0 Å². The van der Waals surface area contributed by atoms with Crippen LogP contribution < -0.4 is 4.72 Å². The summed E-state index contributed by atoms with van der Waals surface area (Å²) in [7, 11) is -3.91. The third-order valence-corrected chi connectivity index (χ3v) is 4.08. The van der Waals surface area contributed by atoms with Crippen LogP contribution in [0, 0.1) is 11.2 Å². The zero-order valence-corrected chi connectivity index (χ0v) is 11.2. The summed E-state index contributed by atoms with van der Waals surface area (Å²) in [4.78, 5) is 3.56. The molecule has 6 heteroatoms. The molecule has 0 aliphatic heterocycles. The Morgan fingerprint density at radius 3 is 2.47 bits per heavy atom. The highest BCUT2D eigenvalue weighted by molar-refractivity contribution is 7.89. The lowest BCUT2D eigenvalue weighted by molar-refractivity contribution is 0.317. The fraction of sp³-hybridized carbons (Fsp3) is 0.545. The van der Waals surface area contributed by atoms with Crippen molar-refractivity contribution >= 4 is 10.0 Å². The first kappa shape index (κ1) is 14.1. The molecule has 0 saturated carbocycles. The van der Waals surface area contributed by atoms with Crippen LogP contribution in [0.4, 0.5) is 4.39 Å². The third kappa shape index (κ3) is 3.47. The van der Waals surface area contributed by atoms with E-state index < -0.39 is 20.9 Å². The van der Waals surface area contributed by atoms with Crippen LogP contribution >= 0.6 is 0 Å². The Kier molecular flexibility index (Phi) is 3.88. The van der Waals surface area contributed by atoms with Gasteiger partial charge in [0.25, 0.3) is 10.0 Å². The van der Waals surface area contributed by atoms with E-state index in [0.717, 1.165) is 6.07 Å². The van der Waals surface area contributed by atoms with Gasteiger partial charge in [-0.25, -0.2) is 22.5 Å². The Labute approximate surface area is 101 Å². The third-order valence-electron chi connectivity index (χ3n) is 2.61. The number of hydrogen-bond donors (Lipinski definition) is 1. The highest BCUT2D eigenvalue weighted by atomic mass is 32.2. The minimum Gasteiger partial charge on any atom is -0.241 e. The summed E-state index contributed by atoms with van der Waals surface area (Å²) < 4.78 is 39.6. The zero-order valence-electron chi connectivity index (χ0n) is 10.4. The second-order valence-electron chi connectivity index (χ2n) is 5.00. The first-order valence-corrected chi connectivity index (χ1v) is 6.76. The van der Waals surface area contributed by atoms with Crippen molar-refractivity contribution in [3.63, 3.8) is 0 Å². The van der Waals surface area contributed by atoms with Crippen LogP contribution in [0.1, 0.15) is 27.7 Å². The molecule has 1 aromatic rings. The Hall–Kier alpha value is -1.01. The summed E-state index contributed by atoms with van der Waals surface area (Å²) in [6.45, 7) is 7.43. The van der Waals surface area contributed by atoms with Crippen LogP contribution in [-0.4, -0.2) is 19.4 Å². The molecule has 0 saturated heterocycles. The molecular formula is C11H17FN2O2S. The highest BCUT2D eigenvalue weighted by Gasteiger charge is 2.28. The van der Waals surface area contributed by atoms with Gasteiger partial charge in [0.2, 0.25) is 5.03 Å². The van der Waals surface area contributed by atoms with E-state index in [1.807, 2.05) is 20.8 Å². The lowest BCUT2D eigenvalue weighted by atomic mass is 9.89. The second-order valence-corrected chi connectivity index (χ2v) is 6.63. The SMILES string of the molecule is CC(NS(=O)(=O)c1ncccc1F)C(C)(C)C. The van der Waals surface area contributed by atoms with Gasteiger partial charge in [0.15, 0.2) is 5.82 Å². The normalized spacial score (nSPS) is 14.6. The number of aromatic nitrogens is 1. The smallest absolute Gasteiger partial charge is 0.241 e. The van der Waals surface area contributed by atoms with Crippen molar-refractivity contribution in [2.24, 2.45) is 5.41 Å². The Bertz CT molecular complexity index is 494. The average Bonchev–Trinajstić information content (AvgIpc) is 2.15. The first-order valence-electron chi connectivity index (χ1n) is 5.27. The molecule has 17 heavy (non-hydrogen) atoms. The van der Waals surface area contributed by atoms with E-state index in [4.69, 9.17) is 0 Å². The van der Waals surface area contributed by atoms with Crippen molar-refractivity contribution in [1.82, 2.24) is 9.71 Å². The molecule has 0 bridgehead atoms. The summed E-state index contributed by atoms with van der Waals surface area (Å²) in [6.07, 6.45) is 1.25. The zero-order chi connectivity index (χ0) is 13.3. The van der Waals surface area contributed by atoms with Gasteiger partial charge in [0, 0.05) is 12.2 Å². The second kappa shape index (κ2) is 4.70. The number of rotatable bonds is 3. The van der Waals surface area contributed by atoms with Gasteiger partial charge >= 0.3 is 0 Å². The molecule has 1 aromatic heterocycles. The predicted molar refractivity (Wildman–Crippen MR) is 63.4 cm³/mol. The molecule has 0 radical (unpaired) electrons. The lowest BCUT2D eigenvalue weighted by Crippen LogP contribution is -2.41. The van der Waals surface area contributed by atoms with Crippen molar-refractivity contribution in [2.75, 3.05) is 0 Å². The molecule has 1 N–H and O–H groups in total. The van der Waals surface area contributed by atoms with Crippen molar-refractivity contribution in [2.45, 2.75) is 38.8 Å². The largest absolute Gasteiger partial charge is 0.261 e. The van der Waals surface area contributed by atoms with Crippen LogP contribution in [0.5, 0.6) is 0 Å². The molecule has 0 amide bonds. The van der Waals surface area contributed by atoms with E-state index >= 15 is 0 Å². The van der Waals surface area contributed by atoms with Gasteiger partial charge < -0.3 is 0 Å². The standard InChI is InChI=1S/C11H17FN2O2S/c1-8(11(2,3)4)14-17(15,16)10-9(12)6-5-7-13-10/h5-8,14H,1-4H3. The van der Waals surface area contributed by atoms with Crippen LogP contribution in [0.2, 0.25) is 0 Å². The van der Waals surface area contributed by atoms with E-state index in [9.17, 15) is 12.8 Å². The molecule has 1 atom stereocenters. The molecule has 0 aliphatic carbocycles. The number of pyridine rings is 1. The molecule has 96 valence electrons. The number of halogens is 1. The van der Waals surface area contributed by atoms with Gasteiger partial charge in [-0.1, -0.05) is 20.8 Å². The van der Waals surface area contributed by atoms with Gasteiger partial charge in [0.1, 0.15) is 0 Å². The van der Waals surface area contributed by atoms with Crippen LogP contribution in [-0.2, 0) is 10.0 Å². The van der Waals surface area contributed by atoms with Crippen molar-refractivity contribution in [3.8, 4) is 0 Å². The summed E-state index contributed by atoms with van der Waals surface area (Å²) in [5.41, 5.74) is -0.252. The number of nitrogens with zero attached hydrogens (tertiary/aromatic N) is 1. The van der Waals surface area contributed by atoms with E-state index in [1.165, 1.54) is 12.3 Å². The van der Waals surface area contributed by atoms with Crippen molar-refractivity contribution in [3.05, 3.63) is 24.1 Å². The molecule has 1 unspecified atom stereocenters. The maximum atomic E-state index is 13.4. The summed E-state index contributed by atoms with van der Waals surface area (Å²) in [5, 5.41) is -0.559. The molecule has 0 fully saturated rings. The van der Waals surface area contributed by atoms with Gasteiger partial charge in [0.05, 0.1) is 0 Å². The summed E-state index contributed by atoms with van der Waals surface area (Å²) in [6, 6.07) is 2.10. The summed E-state index contributed by atoms with van der Waals surface area (Å²) >= 11 is 0. The minimum absolute atomic E-state index is 0.252. The van der Waals surface area contributed by atoms with Gasteiger partial charge in [-0.05, 0) is 24.5 Å². The Balaban J connectivity index is 3.03. The maximum absolute atomic E-state index is 13.4. The topological polar surface area (TPSA) is 59.1 Å². The Morgan fingerprint density at radius 2 is 2.00 bits per heavy atom. The van der Waals surface area contributed by atoms with E-state index in [1.54, 1.807) is 6.92 Å². The molecular weight excluding hydrogens is 243 g/mol. The first-order chi connectivity index (χ1) is 7.64. The van der Waals surface area contributed by atoms with E-state index in [-0.39, 0.29) is 11.5 Å². The quantitative estimate of drug-likeness (QED) is 0.903. The average molecular weight is 260 g/mol. The fourth-order valence-corrected chi connectivity index (χ4v) is 2.49. The fourth-order valence-electron chi connectivity index (χ4n) is 1.03. The monoisotopic (exact) mass is 260 g/mol. The van der Waals surface area contributed by atoms with Crippen LogP contribution in [0.3, 0.4) is 0 Å². The van der Waals surface area contributed by atoms with Crippen LogP contribution in [0.15, 0.2) is 23.4 Å². The molecule has 4 nitrogen and oxygen atoms in total. The van der Waals surface area contributed by atoms with Crippen molar-refractivity contribution < 1.29 is 12.8 Å². The Morgan fingerprint density at radius 1 is 1.41 bits per heavy atom. The van der Waals surface area contributed by atoms with Crippen molar-refractivity contribution in [1.29, 1.82) is 0 Å². The predicted octanol–water partition coefficient (Wildman–Crippen LogP) is 1.93. The van der Waals surface area contributed by atoms with Gasteiger partial charge in [-0.2, -0.15) is 0 Å². The number of sulfonamides is 1. The molecule has 0 aromatic carbocycles. The van der Waals surface area contributed by atoms with E-state index in [2.05, 4.69) is 9.71 Å². The minimum atomic E-state index is -3.91. The van der Waals surface area contributed by atoms with Gasteiger partial charge in [-0.3, -0.25) is 0 Å². The number of hydrogen-bond acceptors (Lipinski definition) is 3. The lowest BCUT2D eigenvalue weighted by Gasteiger charge is -2.27. The highest BCUT2D eigenvalue weighted by Crippen LogP contribution is 2.21. The number of nitrogens with one attached hydrogen (secondary N) is 1. The summed E-state index contributed by atoms with van der Waals surface area (Å²) in [5.74, 6) is -0.846. The van der Waals surface area contributed by atoms with Crippen LogP contribution in [0.25, 0.3) is 0 Å². The molecule has 1 heterocycles. The molecule has 1 rings (SSSR count). The molecule has 0 aliphatic rings. The van der Waals surface area contributed by atoms with Gasteiger partial charge in [-0.15, -0.1) is 0 Å². The maximum Gasteiger partial charge on any atom is 0.261 e.